The average molecular weight is 275 g/mol. The zero-order valence-electron chi connectivity index (χ0n) is 8.62. The van der Waals surface area contributed by atoms with E-state index in [2.05, 4.69) is 15.9 Å². The Labute approximate surface area is 88.5 Å². The summed E-state index contributed by atoms with van der Waals surface area (Å²) in [5.74, 6) is 0. The van der Waals surface area contributed by atoms with E-state index in [0.717, 1.165) is 0 Å². The lowest BCUT2D eigenvalue weighted by Crippen LogP contribution is -2.32. The van der Waals surface area contributed by atoms with Crippen LogP contribution in [0, 0.1) is 0 Å². The Morgan fingerprint density at radius 1 is 1.31 bits per heavy atom. The van der Waals surface area contributed by atoms with Crippen LogP contribution in [-0.4, -0.2) is 43.9 Å². The van der Waals surface area contributed by atoms with Crippen molar-refractivity contribution >= 4 is 23.7 Å². The zero-order valence-corrected chi connectivity index (χ0v) is 11.1. The molecule has 0 saturated heterocycles. The van der Waals surface area contributed by atoms with Gasteiger partial charge in [0.1, 0.15) is 0 Å². The summed E-state index contributed by atoms with van der Waals surface area (Å²) in [6, 6.07) is 0. The topological polar surface area (TPSA) is 35.5 Å². The van der Waals surface area contributed by atoms with Crippen molar-refractivity contribution in [3.8, 4) is 0 Å². The zero-order chi connectivity index (χ0) is 10.5. The highest BCUT2D eigenvalue weighted by Gasteiger charge is 2.41. The number of quaternary nitrogens is 1. The van der Waals surface area contributed by atoms with Gasteiger partial charge in [0.25, 0.3) is 0 Å². The van der Waals surface area contributed by atoms with Crippen molar-refractivity contribution in [2.24, 2.45) is 0 Å². The van der Waals surface area contributed by atoms with Crippen LogP contribution < -0.4 is 0 Å². The maximum atomic E-state index is 12.1. The molecule has 0 rings (SSSR count). The fourth-order valence-electron chi connectivity index (χ4n) is 0.697. The van der Waals surface area contributed by atoms with Gasteiger partial charge >= 0.3 is 7.75 Å². The molecule has 0 amide bonds. The van der Waals surface area contributed by atoms with Crippen LogP contribution in [0.2, 0.25) is 0 Å². The second kappa shape index (κ2) is 5.47. The highest BCUT2D eigenvalue weighted by atomic mass is 79.9. The van der Waals surface area contributed by atoms with E-state index in [1.54, 1.807) is 28.1 Å². The van der Waals surface area contributed by atoms with Gasteiger partial charge in [-0.15, -0.1) is 0 Å². The highest BCUT2D eigenvalue weighted by Crippen LogP contribution is 2.54. The summed E-state index contributed by atoms with van der Waals surface area (Å²) in [4.78, 5) is 0. The van der Waals surface area contributed by atoms with Crippen LogP contribution in [0.25, 0.3) is 0 Å². The van der Waals surface area contributed by atoms with E-state index in [1.165, 1.54) is 0 Å². The van der Waals surface area contributed by atoms with Crippen molar-refractivity contribution in [2.45, 2.75) is 6.92 Å². The molecule has 0 spiro atoms. The molecule has 0 heterocycles. The van der Waals surface area contributed by atoms with Crippen LogP contribution in [0.3, 0.4) is 0 Å². The molecule has 80 valence electrons. The molecule has 6 heteroatoms. The van der Waals surface area contributed by atoms with E-state index >= 15 is 0 Å². The van der Waals surface area contributed by atoms with Gasteiger partial charge in [-0.1, -0.05) is 15.9 Å². The molecule has 0 aromatic heterocycles. The Morgan fingerprint density at radius 3 is 2.15 bits per heavy atom. The van der Waals surface area contributed by atoms with Crippen molar-refractivity contribution < 1.29 is 17.9 Å². The molecular formula is C7H18BrNO3P+. The Morgan fingerprint density at radius 2 is 1.85 bits per heavy atom. The third kappa shape index (κ3) is 4.09. The Kier molecular flexibility index (Phi) is 5.71. The number of rotatable bonds is 6. The van der Waals surface area contributed by atoms with Gasteiger partial charge in [0, 0.05) is 5.33 Å². The van der Waals surface area contributed by atoms with E-state index in [4.69, 9.17) is 9.05 Å². The third-order valence-corrected chi connectivity index (χ3v) is 4.25. The van der Waals surface area contributed by atoms with E-state index in [0.29, 0.717) is 18.5 Å². The Balaban J connectivity index is 4.44. The minimum Gasteiger partial charge on any atom is -0.263 e. The molecule has 0 aliphatic rings. The number of alkyl halides is 1. The number of hydrogen-bond acceptors (Lipinski definition) is 3. The molecule has 0 saturated carbocycles. The van der Waals surface area contributed by atoms with Crippen LogP contribution in [-0.2, 0) is 13.6 Å². The van der Waals surface area contributed by atoms with Crippen LogP contribution >= 0.6 is 23.7 Å². The van der Waals surface area contributed by atoms with E-state index in [9.17, 15) is 4.57 Å². The molecular weight excluding hydrogens is 257 g/mol. The van der Waals surface area contributed by atoms with Gasteiger partial charge in [-0.2, -0.15) is 0 Å². The summed E-state index contributed by atoms with van der Waals surface area (Å²) in [6.07, 6.45) is 0. The standard InChI is InChI=1S/C7H18BrNO3P/c1-5-11-13(10,9(2,3)4)12-7-6-8/h5-7H2,1-4H3/q+1. The maximum absolute atomic E-state index is 12.1. The molecule has 0 aromatic rings. The van der Waals surface area contributed by atoms with Crippen LogP contribution in [0.1, 0.15) is 6.92 Å². The quantitative estimate of drug-likeness (QED) is 0.551. The summed E-state index contributed by atoms with van der Waals surface area (Å²) >= 11 is 3.21. The predicted octanol–water partition coefficient (Wildman–Crippen LogP) is 2.25. The van der Waals surface area contributed by atoms with Crippen LogP contribution in [0.5, 0.6) is 0 Å². The first kappa shape index (κ1) is 13.6. The average Bonchev–Trinajstić information content (AvgIpc) is 1.99. The van der Waals surface area contributed by atoms with Gasteiger partial charge in [0.2, 0.25) is 0 Å². The summed E-state index contributed by atoms with van der Waals surface area (Å²) in [6.45, 7) is 2.60. The van der Waals surface area contributed by atoms with E-state index in [1.807, 2.05) is 0 Å². The van der Waals surface area contributed by atoms with Gasteiger partial charge < -0.3 is 0 Å². The van der Waals surface area contributed by atoms with Crippen molar-refractivity contribution in [1.29, 1.82) is 0 Å². The first-order valence-electron chi connectivity index (χ1n) is 4.14. The Bertz CT molecular complexity index is 193. The minimum atomic E-state index is -3.01. The summed E-state index contributed by atoms with van der Waals surface area (Å²) in [7, 11) is 2.38. The maximum Gasteiger partial charge on any atom is 0.531 e. The largest absolute Gasteiger partial charge is 0.531 e. The molecule has 0 aliphatic heterocycles. The fraction of sp³-hybridized carbons (Fsp3) is 1.00. The van der Waals surface area contributed by atoms with Crippen molar-refractivity contribution in [2.75, 3.05) is 39.7 Å². The van der Waals surface area contributed by atoms with Gasteiger partial charge in [-0.25, -0.2) is 8.82 Å². The number of halogens is 1. The molecule has 0 bridgehead atoms. The van der Waals surface area contributed by atoms with Crippen LogP contribution in [0.15, 0.2) is 0 Å². The lowest BCUT2D eigenvalue weighted by atomic mass is 10.9. The molecule has 1 atom stereocenters. The molecule has 1 unspecified atom stereocenters. The van der Waals surface area contributed by atoms with Gasteiger partial charge in [0.15, 0.2) is 0 Å². The number of hydrogen-bond donors (Lipinski definition) is 0. The molecule has 13 heavy (non-hydrogen) atoms. The molecule has 0 radical (unpaired) electrons. The van der Waals surface area contributed by atoms with Gasteiger partial charge in [-0.3, -0.25) is 9.05 Å². The normalized spacial score (nSPS) is 17.0. The lowest BCUT2D eigenvalue weighted by Gasteiger charge is -2.30. The molecule has 4 nitrogen and oxygen atoms in total. The third-order valence-electron chi connectivity index (χ3n) is 1.36. The lowest BCUT2D eigenvalue weighted by molar-refractivity contribution is -0.759. The molecule has 0 fully saturated rings. The second-order valence-corrected chi connectivity index (χ2v) is 6.80. The van der Waals surface area contributed by atoms with Gasteiger partial charge in [0.05, 0.1) is 34.4 Å². The van der Waals surface area contributed by atoms with E-state index < -0.39 is 7.75 Å². The van der Waals surface area contributed by atoms with Crippen molar-refractivity contribution in [1.82, 2.24) is 0 Å². The SMILES string of the molecule is CCOP(=O)(OCCBr)[N+](C)(C)C. The number of nitrogens with zero attached hydrogens (tertiary/aromatic N) is 1. The summed E-state index contributed by atoms with van der Waals surface area (Å²) in [5, 5.41) is 0.657. The summed E-state index contributed by atoms with van der Waals surface area (Å²) in [5.41, 5.74) is 0. The van der Waals surface area contributed by atoms with Crippen molar-refractivity contribution in [3.63, 3.8) is 0 Å². The first-order valence-corrected chi connectivity index (χ1v) is 6.76. The molecule has 0 N–H and O–H groups in total. The van der Waals surface area contributed by atoms with Crippen molar-refractivity contribution in [3.05, 3.63) is 0 Å². The summed E-state index contributed by atoms with van der Waals surface area (Å²) < 4.78 is 22.7. The monoisotopic (exact) mass is 274 g/mol. The highest BCUT2D eigenvalue weighted by molar-refractivity contribution is 9.09. The predicted molar refractivity (Wildman–Crippen MR) is 57.0 cm³/mol. The minimum absolute atomic E-state index is 0.188. The smallest absolute Gasteiger partial charge is 0.263 e. The Hall–Kier alpha value is 0.590. The fourth-order valence-corrected chi connectivity index (χ4v) is 2.52. The molecule has 0 aliphatic carbocycles. The second-order valence-electron chi connectivity index (χ2n) is 3.35. The van der Waals surface area contributed by atoms with Crippen LogP contribution in [0.4, 0.5) is 0 Å². The van der Waals surface area contributed by atoms with E-state index in [-0.39, 0.29) is 4.25 Å². The first-order chi connectivity index (χ1) is 5.87. The molecule has 0 aromatic carbocycles. The van der Waals surface area contributed by atoms with Gasteiger partial charge in [-0.05, 0) is 6.92 Å².